The van der Waals surface area contributed by atoms with Crippen LogP contribution in [0.15, 0.2) is 58.3 Å². The van der Waals surface area contributed by atoms with Gasteiger partial charge >= 0.3 is 0 Å². The number of nitrogens with zero attached hydrogens (tertiary/aromatic N) is 1. The van der Waals surface area contributed by atoms with Crippen molar-refractivity contribution in [2.75, 3.05) is 11.1 Å². The van der Waals surface area contributed by atoms with E-state index in [1.807, 2.05) is 55.5 Å². The van der Waals surface area contributed by atoms with Crippen LogP contribution < -0.4 is 5.32 Å². The maximum atomic E-state index is 12.4. The van der Waals surface area contributed by atoms with E-state index in [1.54, 1.807) is 11.8 Å². The fourth-order valence-corrected chi connectivity index (χ4v) is 3.76. The first-order chi connectivity index (χ1) is 11.6. The molecule has 1 atom stereocenters. The van der Waals surface area contributed by atoms with Crippen LogP contribution in [0, 0.1) is 11.3 Å². The summed E-state index contributed by atoms with van der Waals surface area (Å²) in [5, 5.41) is 12.1. The molecule has 24 heavy (non-hydrogen) atoms. The van der Waals surface area contributed by atoms with Crippen LogP contribution >= 0.6 is 35.1 Å². The Morgan fingerprint density at radius 2 is 1.96 bits per heavy atom. The molecule has 0 saturated carbocycles. The zero-order valence-corrected chi connectivity index (χ0v) is 15.5. The topological polar surface area (TPSA) is 52.9 Å². The molecule has 1 amide bonds. The van der Waals surface area contributed by atoms with E-state index in [2.05, 4.69) is 11.4 Å². The number of hydrogen-bond acceptors (Lipinski definition) is 4. The number of nitriles is 1. The predicted octanol–water partition coefficient (Wildman–Crippen LogP) is 5.47. The Kier molecular flexibility index (Phi) is 7.51. The number of hydrogen-bond donors (Lipinski definition) is 1. The van der Waals surface area contributed by atoms with Gasteiger partial charge in [0.25, 0.3) is 0 Å². The van der Waals surface area contributed by atoms with Crippen LogP contribution in [0.5, 0.6) is 0 Å². The monoisotopic (exact) mass is 376 g/mol. The second-order valence-corrected chi connectivity index (χ2v) is 7.94. The van der Waals surface area contributed by atoms with Crippen molar-refractivity contribution >= 4 is 46.7 Å². The second-order valence-electron chi connectivity index (χ2n) is 4.96. The molecule has 0 bridgehead atoms. The minimum absolute atomic E-state index is 0.0525. The Hall–Kier alpha value is -1.61. The minimum atomic E-state index is -0.233. The number of halogens is 1. The van der Waals surface area contributed by atoms with Crippen molar-refractivity contribution in [2.45, 2.75) is 28.4 Å². The minimum Gasteiger partial charge on any atom is -0.324 e. The molecule has 3 nitrogen and oxygen atoms in total. The average Bonchev–Trinajstić information content (AvgIpc) is 2.58. The maximum absolute atomic E-state index is 12.4. The fourth-order valence-electron chi connectivity index (χ4n) is 1.91. The maximum Gasteiger partial charge on any atom is 0.237 e. The summed E-state index contributed by atoms with van der Waals surface area (Å²) in [7, 11) is 0. The van der Waals surface area contributed by atoms with E-state index in [4.69, 9.17) is 16.9 Å². The van der Waals surface area contributed by atoms with E-state index in [0.29, 0.717) is 17.2 Å². The lowest BCUT2D eigenvalue weighted by Crippen LogP contribution is -2.22. The second kappa shape index (κ2) is 9.63. The van der Waals surface area contributed by atoms with Gasteiger partial charge in [0.05, 0.1) is 17.0 Å². The van der Waals surface area contributed by atoms with E-state index in [9.17, 15) is 4.79 Å². The SMILES string of the molecule is C[C@@H](Sc1ccc(Cl)cc1)C(=O)Nc1ccccc1SCCC#N. The summed E-state index contributed by atoms with van der Waals surface area (Å²) in [6, 6.07) is 17.2. The molecular weight excluding hydrogens is 360 g/mol. The molecule has 2 rings (SSSR count). The summed E-state index contributed by atoms with van der Waals surface area (Å²) in [5.41, 5.74) is 0.786. The normalized spacial score (nSPS) is 11.5. The molecule has 0 spiro atoms. The first-order valence-electron chi connectivity index (χ1n) is 7.42. The summed E-state index contributed by atoms with van der Waals surface area (Å²) >= 11 is 8.94. The molecule has 0 aliphatic heterocycles. The van der Waals surface area contributed by atoms with Gasteiger partial charge in [0.2, 0.25) is 5.91 Å². The van der Waals surface area contributed by atoms with Crippen molar-refractivity contribution in [1.29, 1.82) is 5.26 Å². The predicted molar refractivity (Wildman–Crippen MR) is 103 cm³/mol. The first kappa shape index (κ1) is 18.7. The number of para-hydroxylation sites is 1. The largest absolute Gasteiger partial charge is 0.324 e. The van der Waals surface area contributed by atoms with Gasteiger partial charge in [-0.2, -0.15) is 5.26 Å². The zero-order valence-electron chi connectivity index (χ0n) is 13.2. The third-order valence-electron chi connectivity index (χ3n) is 3.11. The number of rotatable bonds is 7. The molecule has 0 radical (unpaired) electrons. The number of nitrogens with one attached hydrogen (secondary N) is 1. The molecule has 0 aromatic heterocycles. The summed E-state index contributed by atoms with van der Waals surface area (Å²) in [5.74, 6) is 0.654. The van der Waals surface area contributed by atoms with Crippen molar-refractivity contribution < 1.29 is 4.79 Å². The third-order valence-corrected chi connectivity index (χ3v) is 5.55. The number of thioether (sulfide) groups is 2. The van der Waals surface area contributed by atoms with Gasteiger partial charge in [0, 0.05) is 27.0 Å². The number of amides is 1. The summed E-state index contributed by atoms with van der Waals surface area (Å²) < 4.78 is 0. The van der Waals surface area contributed by atoms with Crippen molar-refractivity contribution in [3.05, 3.63) is 53.6 Å². The molecule has 2 aromatic rings. The highest BCUT2D eigenvalue weighted by Gasteiger charge is 2.16. The van der Waals surface area contributed by atoms with Crippen LogP contribution in [0.3, 0.4) is 0 Å². The van der Waals surface area contributed by atoms with E-state index in [-0.39, 0.29) is 11.2 Å². The van der Waals surface area contributed by atoms with Gasteiger partial charge in [-0.05, 0) is 43.3 Å². The quantitative estimate of drug-likeness (QED) is 0.514. The molecule has 0 aliphatic carbocycles. The van der Waals surface area contributed by atoms with Crippen molar-refractivity contribution in [3.63, 3.8) is 0 Å². The molecule has 2 aromatic carbocycles. The van der Waals surface area contributed by atoms with Gasteiger partial charge < -0.3 is 5.32 Å². The first-order valence-corrected chi connectivity index (χ1v) is 9.66. The molecule has 6 heteroatoms. The highest BCUT2D eigenvalue weighted by atomic mass is 35.5. The Bertz CT molecular complexity index is 729. The number of carbonyl (C=O) groups is 1. The Labute approximate surface area is 155 Å². The highest BCUT2D eigenvalue weighted by Crippen LogP contribution is 2.29. The molecule has 0 fully saturated rings. The molecular formula is C18H17ClN2OS2. The molecule has 1 N–H and O–H groups in total. The van der Waals surface area contributed by atoms with Gasteiger partial charge in [-0.15, -0.1) is 23.5 Å². The van der Waals surface area contributed by atoms with Gasteiger partial charge in [0.1, 0.15) is 0 Å². The summed E-state index contributed by atoms with van der Waals surface area (Å²) in [6.07, 6.45) is 0.482. The Morgan fingerprint density at radius 3 is 2.67 bits per heavy atom. The number of benzene rings is 2. The van der Waals surface area contributed by atoms with Gasteiger partial charge in [-0.1, -0.05) is 23.7 Å². The third kappa shape index (κ3) is 5.79. The lowest BCUT2D eigenvalue weighted by Gasteiger charge is -2.14. The number of anilines is 1. The van der Waals surface area contributed by atoms with E-state index >= 15 is 0 Å². The molecule has 0 unspecified atom stereocenters. The fraction of sp³-hybridized carbons (Fsp3) is 0.222. The highest BCUT2D eigenvalue weighted by molar-refractivity contribution is 8.00. The molecule has 124 valence electrons. The lowest BCUT2D eigenvalue weighted by atomic mass is 10.3. The zero-order chi connectivity index (χ0) is 17.4. The van der Waals surface area contributed by atoms with Crippen molar-refractivity contribution in [3.8, 4) is 6.07 Å². The van der Waals surface area contributed by atoms with Crippen LogP contribution in [0.4, 0.5) is 5.69 Å². The van der Waals surface area contributed by atoms with Crippen LogP contribution in [-0.2, 0) is 4.79 Å². The van der Waals surface area contributed by atoms with Crippen LogP contribution in [-0.4, -0.2) is 16.9 Å². The number of carbonyl (C=O) groups excluding carboxylic acids is 1. The van der Waals surface area contributed by atoms with Gasteiger partial charge in [0.15, 0.2) is 0 Å². The van der Waals surface area contributed by atoms with E-state index in [0.717, 1.165) is 15.5 Å². The van der Waals surface area contributed by atoms with Gasteiger partial charge in [-0.3, -0.25) is 4.79 Å². The lowest BCUT2D eigenvalue weighted by molar-refractivity contribution is -0.115. The van der Waals surface area contributed by atoms with E-state index < -0.39 is 0 Å². The van der Waals surface area contributed by atoms with Crippen LogP contribution in [0.2, 0.25) is 5.02 Å². The van der Waals surface area contributed by atoms with Crippen LogP contribution in [0.25, 0.3) is 0 Å². The van der Waals surface area contributed by atoms with Gasteiger partial charge in [-0.25, -0.2) is 0 Å². The molecule has 0 aliphatic rings. The Balaban J connectivity index is 1.98. The standard InChI is InChI=1S/C18H17ClN2OS2/c1-13(24-15-9-7-14(19)8-10-15)18(22)21-16-5-2-3-6-17(16)23-12-4-11-20/h2-3,5-10,13H,4,12H2,1H3,(H,21,22)/t13-/m1/s1. The van der Waals surface area contributed by atoms with Crippen molar-refractivity contribution in [1.82, 2.24) is 0 Å². The molecule has 0 heterocycles. The molecule has 0 saturated heterocycles. The van der Waals surface area contributed by atoms with Crippen LogP contribution in [0.1, 0.15) is 13.3 Å². The summed E-state index contributed by atoms with van der Waals surface area (Å²) in [4.78, 5) is 14.4. The van der Waals surface area contributed by atoms with Crippen molar-refractivity contribution in [2.24, 2.45) is 0 Å². The smallest absolute Gasteiger partial charge is 0.237 e. The summed E-state index contributed by atoms with van der Waals surface area (Å²) in [6.45, 7) is 1.88. The average molecular weight is 377 g/mol. The van der Waals surface area contributed by atoms with E-state index in [1.165, 1.54) is 11.8 Å². The Morgan fingerprint density at radius 1 is 1.25 bits per heavy atom.